The van der Waals surface area contributed by atoms with Crippen LogP contribution in [0.1, 0.15) is 54.2 Å². The number of aromatic nitrogens is 3. The Labute approximate surface area is 236 Å². The molecule has 0 aromatic carbocycles. The van der Waals surface area contributed by atoms with Crippen molar-refractivity contribution in [3.8, 4) is 0 Å². The minimum absolute atomic E-state index is 0.00827. The summed E-state index contributed by atoms with van der Waals surface area (Å²) in [6.07, 6.45) is -3.21. The van der Waals surface area contributed by atoms with Gasteiger partial charge in [-0.15, -0.1) is 0 Å². The third-order valence-electron chi connectivity index (χ3n) is 5.92. The highest BCUT2D eigenvalue weighted by atomic mass is 19.4. The number of hydrogen-bond acceptors (Lipinski definition) is 6. The van der Waals surface area contributed by atoms with Crippen molar-refractivity contribution in [1.82, 2.24) is 24.2 Å². The van der Waals surface area contributed by atoms with E-state index in [0.717, 1.165) is 55.9 Å². The summed E-state index contributed by atoms with van der Waals surface area (Å²) < 4.78 is 65.6. The molecular weight excluding hydrogens is 576 g/mol. The van der Waals surface area contributed by atoms with Gasteiger partial charge in [-0.2, -0.15) is 26.3 Å². The third-order valence-corrected chi connectivity index (χ3v) is 5.92. The first kappa shape index (κ1) is 34.0. The first-order chi connectivity index (χ1) is 19.6. The van der Waals surface area contributed by atoms with E-state index in [2.05, 4.69) is 27.3 Å². The zero-order valence-electron chi connectivity index (χ0n) is 22.6. The molecule has 3 aromatic heterocycles. The number of amides is 1. The third kappa shape index (κ3) is 9.43. The Morgan fingerprint density at radius 2 is 1.60 bits per heavy atom. The number of pyridine rings is 2. The molecule has 0 spiro atoms. The van der Waals surface area contributed by atoms with E-state index in [-0.39, 0.29) is 11.9 Å². The predicted molar refractivity (Wildman–Crippen MR) is 136 cm³/mol. The van der Waals surface area contributed by atoms with Crippen LogP contribution in [0, 0.1) is 0 Å². The highest BCUT2D eigenvalue weighted by molar-refractivity contribution is 5.99. The van der Waals surface area contributed by atoms with Gasteiger partial charge in [0.15, 0.2) is 5.69 Å². The lowest BCUT2D eigenvalue weighted by Gasteiger charge is -2.23. The molecular formula is C26H29F6N5O5. The topological polar surface area (TPSA) is 128 Å². The van der Waals surface area contributed by atoms with Gasteiger partial charge in [0, 0.05) is 32.5 Å². The van der Waals surface area contributed by atoms with Crippen LogP contribution >= 0.6 is 0 Å². The zero-order chi connectivity index (χ0) is 31.7. The smallest absolute Gasteiger partial charge is 0.475 e. The van der Waals surface area contributed by atoms with E-state index in [1.807, 2.05) is 49.8 Å². The van der Waals surface area contributed by atoms with Crippen molar-refractivity contribution in [2.75, 3.05) is 20.1 Å². The van der Waals surface area contributed by atoms with Gasteiger partial charge in [-0.1, -0.05) is 19.1 Å². The molecule has 42 heavy (non-hydrogen) atoms. The fraction of sp³-hybridized carbons (Fsp3) is 0.423. The maximum Gasteiger partial charge on any atom is 0.490 e. The number of likely N-dealkylation sites (tertiary alicyclic amines) is 1. The van der Waals surface area contributed by atoms with Crippen LogP contribution in [-0.2, 0) is 16.1 Å². The number of halogens is 6. The van der Waals surface area contributed by atoms with Gasteiger partial charge >= 0.3 is 24.3 Å². The van der Waals surface area contributed by atoms with Crippen LogP contribution in [0.25, 0.3) is 5.52 Å². The molecule has 2 N–H and O–H groups in total. The highest BCUT2D eigenvalue weighted by Crippen LogP contribution is 2.33. The number of rotatable bonds is 6. The van der Waals surface area contributed by atoms with Crippen LogP contribution in [0.3, 0.4) is 0 Å². The van der Waals surface area contributed by atoms with Gasteiger partial charge < -0.3 is 19.5 Å². The van der Waals surface area contributed by atoms with E-state index in [1.54, 1.807) is 4.90 Å². The highest BCUT2D eigenvalue weighted by Gasteiger charge is 2.39. The van der Waals surface area contributed by atoms with E-state index in [4.69, 9.17) is 24.8 Å². The predicted octanol–water partition coefficient (Wildman–Crippen LogP) is 4.82. The molecule has 1 atom stereocenters. The number of carboxylic acids is 2. The molecule has 4 rings (SSSR count). The zero-order valence-corrected chi connectivity index (χ0v) is 22.6. The molecule has 0 bridgehead atoms. The van der Waals surface area contributed by atoms with Crippen molar-refractivity contribution < 1.29 is 50.9 Å². The standard InChI is InChI=1S/C22H27N5O.2C2HF3O2/c1-3-13-25(2)22(28)20-18-10-5-7-15-27(18)21(24-20)19-11-8-14-26(19)16-17-9-4-6-12-23-17;2*3-2(4,5)1(6)7/h4-7,9-10,12,15,19H,3,8,11,13-14,16H2,1-2H3;2*(H,6,7). The lowest BCUT2D eigenvalue weighted by Crippen LogP contribution is -2.28. The minimum atomic E-state index is -5.08. The van der Waals surface area contributed by atoms with E-state index in [0.29, 0.717) is 5.69 Å². The SMILES string of the molecule is CCCN(C)C(=O)c1nc(C2CCCN2Cc2ccccn2)n2ccccc12.O=C(O)C(F)(F)F.O=C(O)C(F)(F)F. The molecule has 230 valence electrons. The second-order valence-corrected chi connectivity index (χ2v) is 9.06. The first-order valence-corrected chi connectivity index (χ1v) is 12.5. The molecule has 0 radical (unpaired) electrons. The van der Waals surface area contributed by atoms with Crippen molar-refractivity contribution >= 4 is 23.4 Å². The maximum absolute atomic E-state index is 13.0. The molecule has 1 fully saturated rings. The van der Waals surface area contributed by atoms with Crippen molar-refractivity contribution in [2.45, 2.75) is 51.1 Å². The average Bonchev–Trinajstić information content (AvgIpc) is 3.53. The largest absolute Gasteiger partial charge is 0.490 e. The molecule has 10 nitrogen and oxygen atoms in total. The Hall–Kier alpha value is -4.21. The number of carbonyl (C=O) groups excluding carboxylic acids is 1. The Morgan fingerprint density at radius 1 is 1.00 bits per heavy atom. The number of alkyl halides is 6. The summed E-state index contributed by atoms with van der Waals surface area (Å²) in [6, 6.07) is 12.2. The van der Waals surface area contributed by atoms with Gasteiger partial charge in [0.1, 0.15) is 5.82 Å². The number of imidazole rings is 1. The Kier molecular flexibility index (Phi) is 11.8. The van der Waals surface area contributed by atoms with E-state index in [9.17, 15) is 31.1 Å². The molecule has 1 unspecified atom stereocenters. The molecule has 1 amide bonds. The number of aliphatic carboxylic acids is 2. The van der Waals surface area contributed by atoms with Crippen molar-refractivity contribution in [1.29, 1.82) is 0 Å². The van der Waals surface area contributed by atoms with Gasteiger partial charge in [-0.3, -0.25) is 14.7 Å². The maximum atomic E-state index is 13.0. The molecule has 0 aliphatic carbocycles. The summed E-state index contributed by atoms with van der Waals surface area (Å²) in [5.74, 6) is -4.57. The second-order valence-electron chi connectivity index (χ2n) is 9.06. The molecule has 3 aromatic rings. The van der Waals surface area contributed by atoms with Crippen molar-refractivity contribution in [3.63, 3.8) is 0 Å². The van der Waals surface area contributed by atoms with Crippen molar-refractivity contribution in [3.05, 3.63) is 66.0 Å². The number of fused-ring (bicyclic) bond motifs is 1. The molecule has 4 heterocycles. The van der Waals surface area contributed by atoms with Crippen LogP contribution in [0.5, 0.6) is 0 Å². The monoisotopic (exact) mass is 605 g/mol. The summed E-state index contributed by atoms with van der Waals surface area (Å²) >= 11 is 0. The van der Waals surface area contributed by atoms with Crippen LogP contribution in [0.4, 0.5) is 26.3 Å². The van der Waals surface area contributed by atoms with Gasteiger partial charge in [-0.05, 0) is 50.1 Å². The van der Waals surface area contributed by atoms with Crippen LogP contribution in [-0.4, -0.2) is 84.7 Å². The molecule has 0 saturated carbocycles. The Bertz CT molecular complexity index is 1320. The van der Waals surface area contributed by atoms with Crippen LogP contribution in [0.2, 0.25) is 0 Å². The number of carbonyl (C=O) groups is 3. The van der Waals surface area contributed by atoms with E-state index >= 15 is 0 Å². The molecule has 1 aliphatic rings. The van der Waals surface area contributed by atoms with Crippen LogP contribution in [0.15, 0.2) is 48.8 Å². The van der Waals surface area contributed by atoms with Crippen molar-refractivity contribution in [2.24, 2.45) is 0 Å². The molecule has 1 saturated heterocycles. The Morgan fingerprint density at radius 3 is 2.12 bits per heavy atom. The Balaban J connectivity index is 0.000000367. The van der Waals surface area contributed by atoms with Gasteiger partial charge in [-0.25, -0.2) is 14.6 Å². The first-order valence-electron chi connectivity index (χ1n) is 12.5. The number of nitrogens with zero attached hydrogens (tertiary/aromatic N) is 5. The number of carboxylic acid groups (broad SMARTS) is 2. The summed E-state index contributed by atoms with van der Waals surface area (Å²) in [6.45, 7) is 4.62. The quantitative estimate of drug-likeness (QED) is 0.383. The summed E-state index contributed by atoms with van der Waals surface area (Å²) in [7, 11) is 1.85. The van der Waals surface area contributed by atoms with E-state index in [1.165, 1.54) is 0 Å². The molecule has 16 heteroatoms. The van der Waals surface area contributed by atoms with Gasteiger partial charge in [0.05, 0.1) is 17.3 Å². The fourth-order valence-corrected chi connectivity index (χ4v) is 4.08. The van der Waals surface area contributed by atoms with E-state index < -0.39 is 24.3 Å². The summed E-state index contributed by atoms with van der Waals surface area (Å²) in [5, 5.41) is 14.2. The summed E-state index contributed by atoms with van der Waals surface area (Å²) in [5.41, 5.74) is 2.50. The lowest BCUT2D eigenvalue weighted by atomic mass is 10.2. The lowest BCUT2D eigenvalue weighted by molar-refractivity contribution is -0.193. The normalized spacial score (nSPS) is 15.3. The van der Waals surface area contributed by atoms with Gasteiger partial charge in [0.2, 0.25) is 0 Å². The second kappa shape index (κ2) is 14.6. The van der Waals surface area contributed by atoms with Gasteiger partial charge in [0.25, 0.3) is 5.91 Å². The summed E-state index contributed by atoms with van der Waals surface area (Å²) in [4.78, 5) is 44.3. The van der Waals surface area contributed by atoms with Crippen LogP contribution < -0.4 is 0 Å². The average molecular weight is 606 g/mol. The molecule has 1 aliphatic heterocycles. The minimum Gasteiger partial charge on any atom is -0.475 e. The number of hydrogen-bond donors (Lipinski definition) is 2. The fourth-order valence-electron chi connectivity index (χ4n) is 4.08.